The molecule has 2 aromatic rings. The van der Waals surface area contributed by atoms with Crippen LogP contribution in [0.4, 0.5) is 5.69 Å². The molecule has 0 radical (unpaired) electrons. The Balaban J connectivity index is 1.87. The van der Waals surface area contributed by atoms with Crippen molar-refractivity contribution in [2.75, 3.05) is 13.1 Å². The van der Waals surface area contributed by atoms with Crippen molar-refractivity contribution in [3.63, 3.8) is 0 Å². The zero-order chi connectivity index (χ0) is 23.6. The molecule has 0 bridgehead atoms. The Morgan fingerprint density at radius 1 is 1.19 bits per heavy atom. The first kappa shape index (κ1) is 24.0. The van der Waals surface area contributed by atoms with E-state index >= 15 is 0 Å². The molecule has 11 heteroatoms. The minimum absolute atomic E-state index is 0.00378. The number of ketones is 1. The third-order valence-corrected chi connectivity index (χ3v) is 8.02. The average molecular weight is 524 g/mol. The lowest BCUT2D eigenvalue weighted by atomic mass is 10.00. The summed E-state index contributed by atoms with van der Waals surface area (Å²) in [6.07, 6.45) is 0.304. The van der Waals surface area contributed by atoms with Crippen molar-refractivity contribution in [1.29, 1.82) is 0 Å². The smallest absolute Gasteiger partial charge is 0.289 e. The summed E-state index contributed by atoms with van der Waals surface area (Å²) in [4.78, 5) is 37.0. The van der Waals surface area contributed by atoms with Gasteiger partial charge in [-0.2, -0.15) is 4.31 Å². The van der Waals surface area contributed by atoms with E-state index in [0.717, 1.165) is 26.5 Å². The summed E-state index contributed by atoms with van der Waals surface area (Å²) in [6, 6.07) is 10.6. The molecule has 0 saturated carbocycles. The van der Waals surface area contributed by atoms with Crippen LogP contribution in [0.1, 0.15) is 19.4 Å². The van der Waals surface area contributed by atoms with Gasteiger partial charge in [-0.15, -0.1) is 0 Å². The number of carbonyl (C=O) groups is 2. The Kier molecular flexibility index (Phi) is 7.11. The third kappa shape index (κ3) is 4.74. The molecule has 1 heterocycles. The van der Waals surface area contributed by atoms with E-state index < -0.39 is 43.5 Å². The van der Waals surface area contributed by atoms with Gasteiger partial charge in [-0.1, -0.05) is 40.2 Å². The molecule has 0 aliphatic carbocycles. The van der Waals surface area contributed by atoms with E-state index in [1.54, 1.807) is 0 Å². The Hall–Kier alpha value is -2.63. The van der Waals surface area contributed by atoms with Crippen LogP contribution in [-0.2, 0) is 26.0 Å². The van der Waals surface area contributed by atoms with E-state index in [2.05, 4.69) is 15.9 Å². The van der Waals surface area contributed by atoms with Gasteiger partial charge in [-0.25, -0.2) is 8.42 Å². The van der Waals surface area contributed by atoms with Crippen molar-refractivity contribution in [2.45, 2.75) is 37.2 Å². The van der Waals surface area contributed by atoms with Gasteiger partial charge in [0.05, 0.1) is 11.0 Å². The lowest BCUT2D eigenvalue weighted by Crippen LogP contribution is -2.61. The second kappa shape index (κ2) is 9.47. The molecule has 1 aliphatic rings. The van der Waals surface area contributed by atoms with Crippen LogP contribution in [0.3, 0.4) is 0 Å². The number of hydrogen-bond donors (Lipinski definition) is 0. The first-order chi connectivity index (χ1) is 15.0. The number of nitro benzene ring substituents is 1. The van der Waals surface area contributed by atoms with Crippen LogP contribution in [-0.4, -0.2) is 59.4 Å². The number of carbonyl (C=O) groups excluding carboxylic acids is 2. The maximum absolute atomic E-state index is 13.2. The Morgan fingerprint density at radius 3 is 2.41 bits per heavy atom. The first-order valence-corrected chi connectivity index (χ1v) is 12.1. The Labute approximate surface area is 194 Å². The van der Waals surface area contributed by atoms with Gasteiger partial charge in [0.15, 0.2) is 10.7 Å². The number of Topliss-reactive ketones (excluding diaryl/α,β-unsaturated/α-hetero) is 1. The van der Waals surface area contributed by atoms with E-state index in [4.69, 9.17) is 0 Å². The molecule has 0 unspecified atom stereocenters. The molecule has 3 rings (SSSR count). The summed E-state index contributed by atoms with van der Waals surface area (Å²) >= 11 is 3.36. The molecule has 1 aliphatic heterocycles. The van der Waals surface area contributed by atoms with Crippen molar-refractivity contribution in [3.05, 3.63) is 68.7 Å². The third-order valence-electron chi connectivity index (χ3n) is 5.47. The Morgan fingerprint density at radius 2 is 1.81 bits per heavy atom. The number of hydrogen-bond acceptors (Lipinski definition) is 6. The zero-order valence-electron chi connectivity index (χ0n) is 17.5. The fraction of sp³-hybridized carbons (Fsp3) is 0.333. The number of amides is 1. The van der Waals surface area contributed by atoms with Gasteiger partial charge in [0.25, 0.3) is 15.7 Å². The molecule has 32 heavy (non-hydrogen) atoms. The van der Waals surface area contributed by atoms with E-state index in [1.165, 1.54) is 30.9 Å². The monoisotopic (exact) mass is 523 g/mol. The molecular weight excluding hydrogens is 502 g/mol. The van der Waals surface area contributed by atoms with Crippen LogP contribution in [0.25, 0.3) is 0 Å². The summed E-state index contributed by atoms with van der Waals surface area (Å²) in [7, 11) is -4.30. The molecule has 0 spiro atoms. The molecule has 2 atom stereocenters. The zero-order valence-corrected chi connectivity index (χ0v) is 19.9. The van der Waals surface area contributed by atoms with Gasteiger partial charge in [0.1, 0.15) is 6.04 Å². The minimum Gasteiger partial charge on any atom is -0.330 e. The molecule has 170 valence electrons. The maximum atomic E-state index is 13.2. The van der Waals surface area contributed by atoms with Crippen LogP contribution in [0, 0.1) is 10.1 Å². The van der Waals surface area contributed by atoms with Gasteiger partial charge in [-0.05, 0) is 44.0 Å². The number of para-hydroxylation sites is 1. The predicted octanol–water partition coefficient (Wildman–Crippen LogP) is 2.78. The quantitative estimate of drug-likeness (QED) is 0.406. The van der Waals surface area contributed by atoms with Crippen LogP contribution < -0.4 is 0 Å². The highest BCUT2D eigenvalue weighted by Gasteiger charge is 2.43. The number of sulfonamides is 1. The number of nitro groups is 1. The van der Waals surface area contributed by atoms with Crippen LogP contribution in [0.15, 0.2) is 57.9 Å². The standard InChI is InChI=1S/C21H22BrN3O6S/c1-14-21(27)23(19(15(2)26)13-16-7-9-17(22)10-8-16)11-12-24(14)32(30,31)20-6-4-3-5-18(20)25(28)29/h3-10,14,19H,11-13H2,1-2H3/t14-,19-/m0/s1. The molecule has 1 amide bonds. The summed E-state index contributed by atoms with van der Waals surface area (Å²) in [5, 5.41) is 11.3. The van der Waals surface area contributed by atoms with E-state index in [1.807, 2.05) is 24.3 Å². The fourth-order valence-electron chi connectivity index (χ4n) is 3.78. The number of nitrogens with zero attached hydrogens (tertiary/aromatic N) is 3. The fourth-order valence-corrected chi connectivity index (χ4v) is 5.78. The molecule has 2 aromatic carbocycles. The number of halogens is 1. The lowest BCUT2D eigenvalue weighted by Gasteiger charge is -2.41. The SMILES string of the molecule is CC(=O)[C@H](Cc1ccc(Br)cc1)N1CCN(S(=O)(=O)c2ccccc2[N+](=O)[O-])[C@@H](C)C1=O. The summed E-state index contributed by atoms with van der Waals surface area (Å²) < 4.78 is 28.2. The van der Waals surface area contributed by atoms with E-state index in [9.17, 15) is 28.1 Å². The topological polar surface area (TPSA) is 118 Å². The predicted molar refractivity (Wildman–Crippen MR) is 120 cm³/mol. The largest absolute Gasteiger partial charge is 0.330 e. The second-order valence-electron chi connectivity index (χ2n) is 7.51. The highest BCUT2D eigenvalue weighted by molar-refractivity contribution is 9.10. The van der Waals surface area contributed by atoms with E-state index in [0.29, 0.717) is 6.42 Å². The first-order valence-electron chi connectivity index (χ1n) is 9.84. The van der Waals surface area contributed by atoms with Gasteiger partial charge in [0, 0.05) is 23.6 Å². The molecular formula is C21H22BrN3O6S. The molecule has 0 N–H and O–H groups in total. The van der Waals surface area contributed by atoms with Crippen LogP contribution >= 0.6 is 15.9 Å². The van der Waals surface area contributed by atoms with Gasteiger partial charge in [-0.3, -0.25) is 19.7 Å². The van der Waals surface area contributed by atoms with Crippen molar-refractivity contribution >= 4 is 43.3 Å². The van der Waals surface area contributed by atoms with Gasteiger partial charge >= 0.3 is 0 Å². The van der Waals surface area contributed by atoms with E-state index in [-0.39, 0.29) is 18.9 Å². The number of benzene rings is 2. The molecule has 1 fully saturated rings. The number of piperazine rings is 1. The number of rotatable bonds is 7. The van der Waals surface area contributed by atoms with Crippen molar-refractivity contribution < 1.29 is 22.9 Å². The average Bonchev–Trinajstić information content (AvgIpc) is 2.75. The highest BCUT2D eigenvalue weighted by atomic mass is 79.9. The van der Waals surface area contributed by atoms with Gasteiger partial charge in [0.2, 0.25) is 5.91 Å². The summed E-state index contributed by atoms with van der Waals surface area (Å²) in [5.74, 6) is -0.723. The molecule has 9 nitrogen and oxygen atoms in total. The maximum Gasteiger partial charge on any atom is 0.289 e. The Bertz CT molecular complexity index is 1150. The normalized spacial score (nSPS) is 18.4. The van der Waals surface area contributed by atoms with Crippen LogP contribution in [0.2, 0.25) is 0 Å². The highest BCUT2D eigenvalue weighted by Crippen LogP contribution is 2.30. The van der Waals surface area contributed by atoms with Crippen molar-refractivity contribution in [1.82, 2.24) is 9.21 Å². The second-order valence-corrected chi connectivity index (χ2v) is 10.3. The van der Waals surface area contributed by atoms with Crippen molar-refractivity contribution in [3.8, 4) is 0 Å². The van der Waals surface area contributed by atoms with Crippen molar-refractivity contribution in [2.24, 2.45) is 0 Å². The summed E-state index contributed by atoms with van der Waals surface area (Å²) in [5.41, 5.74) is 0.315. The molecule has 1 saturated heterocycles. The molecule has 0 aromatic heterocycles. The minimum atomic E-state index is -4.30. The lowest BCUT2D eigenvalue weighted by molar-refractivity contribution is -0.387. The van der Waals surface area contributed by atoms with Gasteiger partial charge < -0.3 is 4.90 Å². The van der Waals surface area contributed by atoms with Crippen LogP contribution in [0.5, 0.6) is 0 Å². The summed E-state index contributed by atoms with van der Waals surface area (Å²) in [6.45, 7) is 2.75.